The van der Waals surface area contributed by atoms with Crippen LogP contribution in [0.15, 0.2) is 66.7 Å². The largest absolute Gasteiger partial charge is 0.468 e. The van der Waals surface area contributed by atoms with E-state index in [1.807, 2.05) is 18.2 Å². The van der Waals surface area contributed by atoms with Crippen molar-refractivity contribution in [3.05, 3.63) is 66.7 Å². The minimum absolute atomic E-state index is 1.11. The van der Waals surface area contributed by atoms with Gasteiger partial charge in [-0.2, -0.15) is 0 Å². The SMILES string of the molecule is O[SiH](O)O[SiH2]c1cccc2ccc3cc4ccccc4cc3c12. The monoisotopic (exact) mass is 336 g/mol. The van der Waals surface area contributed by atoms with Crippen molar-refractivity contribution in [1.82, 2.24) is 0 Å². The van der Waals surface area contributed by atoms with Crippen molar-refractivity contribution in [3.63, 3.8) is 0 Å². The maximum Gasteiger partial charge on any atom is 0.468 e. The number of fused-ring (bicyclic) bond motifs is 4. The van der Waals surface area contributed by atoms with E-state index in [9.17, 15) is 0 Å². The van der Waals surface area contributed by atoms with Crippen LogP contribution in [-0.2, 0) is 4.12 Å². The Hall–Kier alpha value is -2.03. The van der Waals surface area contributed by atoms with Gasteiger partial charge >= 0.3 is 9.53 Å². The van der Waals surface area contributed by atoms with Gasteiger partial charge in [-0.3, -0.25) is 0 Å². The molecule has 0 bridgehead atoms. The van der Waals surface area contributed by atoms with Crippen LogP contribution >= 0.6 is 0 Å². The average molecular weight is 336 g/mol. The van der Waals surface area contributed by atoms with Gasteiger partial charge in [-0.15, -0.1) is 0 Å². The second-order valence-corrected chi connectivity index (χ2v) is 8.67. The summed E-state index contributed by atoms with van der Waals surface area (Å²) in [6, 6.07) is 23.2. The molecule has 4 aromatic rings. The van der Waals surface area contributed by atoms with Gasteiger partial charge in [0, 0.05) is 0 Å². The van der Waals surface area contributed by atoms with E-state index < -0.39 is 19.3 Å². The molecule has 0 atom stereocenters. The number of hydrogen-bond donors (Lipinski definition) is 2. The highest BCUT2D eigenvalue weighted by molar-refractivity contribution is 6.59. The van der Waals surface area contributed by atoms with Crippen molar-refractivity contribution in [3.8, 4) is 0 Å². The van der Waals surface area contributed by atoms with Crippen LogP contribution in [0.1, 0.15) is 0 Å². The zero-order valence-corrected chi connectivity index (χ0v) is 15.0. The third-order valence-corrected chi connectivity index (χ3v) is 6.96. The van der Waals surface area contributed by atoms with E-state index in [4.69, 9.17) is 13.7 Å². The molecule has 2 N–H and O–H groups in total. The lowest BCUT2D eigenvalue weighted by Crippen LogP contribution is -2.27. The normalized spacial score (nSPS) is 12.3. The molecule has 0 aliphatic carbocycles. The van der Waals surface area contributed by atoms with E-state index in [2.05, 4.69) is 48.5 Å². The fourth-order valence-corrected chi connectivity index (χ4v) is 5.25. The molecule has 4 aromatic carbocycles. The first-order valence-electron chi connectivity index (χ1n) is 7.53. The van der Waals surface area contributed by atoms with E-state index in [0.717, 1.165) is 10.6 Å². The predicted octanol–water partition coefficient (Wildman–Crippen LogP) is 1.57. The third kappa shape index (κ3) is 2.69. The standard InChI is InChI=1S/C18H16O3Si2/c19-23(20)21-22-17-7-3-6-12-8-9-15-10-13-4-1-2-5-14(13)11-16(15)18(12)17/h1-11,19-20,23H,22H2. The molecule has 0 spiro atoms. The zero-order chi connectivity index (χ0) is 15.8. The smallest absolute Gasteiger partial charge is 0.419 e. The molecule has 0 amide bonds. The fourth-order valence-electron chi connectivity index (χ4n) is 3.16. The molecule has 114 valence electrons. The summed E-state index contributed by atoms with van der Waals surface area (Å²) in [5.41, 5.74) is 0. The van der Waals surface area contributed by atoms with E-state index >= 15 is 0 Å². The van der Waals surface area contributed by atoms with Crippen molar-refractivity contribution in [2.45, 2.75) is 0 Å². The van der Waals surface area contributed by atoms with Crippen molar-refractivity contribution in [2.24, 2.45) is 0 Å². The van der Waals surface area contributed by atoms with E-state index in [1.165, 1.54) is 26.9 Å². The Kier molecular flexibility index (Phi) is 3.72. The van der Waals surface area contributed by atoms with Gasteiger partial charge in [-0.1, -0.05) is 54.6 Å². The second-order valence-electron chi connectivity index (χ2n) is 5.64. The molecule has 5 heteroatoms. The molecule has 0 unspecified atom stereocenters. The van der Waals surface area contributed by atoms with E-state index in [-0.39, 0.29) is 0 Å². The van der Waals surface area contributed by atoms with Gasteiger partial charge in [0.25, 0.3) is 0 Å². The van der Waals surface area contributed by atoms with Gasteiger partial charge in [-0.25, -0.2) is 0 Å². The summed E-state index contributed by atoms with van der Waals surface area (Å²) in [4.78, 5) is 18.3. The first kappa shape index (κ1) is 14.6. The summed E-state index contributed by atoms with van der Waals surface area (Å²) in [6.45, 7) is 0. The molecule has 0 heterocycles. The van der Waals surface area contributed by atoms with E-state index in [1.54, 1.807) is 0 Å². The molecular weight excluding hydrogens is 320 g/mol. The van der Waals surface area contributed by atoms with Gasteiger partial charge in [0.2, 0.25) is 0 Å². The highest BCUT2D eigenvalue weighted by Crippen LogP contribution is 2.28. The van der Waals surface area contributed by atoms with Gasteiger partial charge in [-0.05, 0) is 49.6 Å². The van der Waals surface area contributed by atoms with Crippen LogP contribution < -0.4 is 5.19 Å². The summed E-state index contributed by atoms with van der Waals surface area (Å²) in [5, 5.41) is 8.28. The molecule has 0 fully saturated rings. The fraction of sp³-hybridized carbons (Fsp3) is 0. The molecule has 0 aliphatic heterocycles. The van der Waals surface area contributed by atoms with E-state index in [0.29, 0.717) is 0 Å². The first-order chi connectivity index (χ1) is 11.2. The minimum atomic E-state index is -2.96. The van der Waals surface area contributed by atoms with Crippen LogP contribution in [0.3, 0.4) is 0 Å². The Morgan fingerprint density at radius 2 is 1.43 bits per heavy atom. The quantitative estimate of drug-likeness (QED) is 0.339. The Morgan fingerprint density at radius 3 is 2.22 bits per heavy atom. The molecule has 0 aliphatic rings. The highest BCUT2D eigenvalue weighted by atomic mass is 28.4. The van der Waals surface area contributed by atoms with Crippen molar-refractivity contribution in [1.29, 1.82) is 0 Å². The Balaban J connectivity index is 2.03. The van der Waals surface area contributed by atoms with Crippen LogP contribution in [0.5, 0.6) is 0 Å². The van der Waals surface area contributed by atoms with Crippen molar-refractivity contribution >= 4 is 56.8 Å². The maximum atomic E-state index is 9.15. The first-order valence-corrected chi connectivity index (χ1v) is 10.3. The summed E-state index contributed by atoms with van der Waals surface area (Å²) in [5.74, 6) is 0. The molecule has 0 aromatic heterocycles. The van der Waals surface area contributed by atoms with Crippen LogP contribution in [0.2, 0.25) is 0 Å². The minimum Gasteiger partial charge on any atom is -0.419 e. The molecule has 4 rings (SSSR count). The number of benzene rings is 4. The van der Waals surface area contributed by atoms with Crippen LogP contribution in [-0.4, -0.2) is 28.9 Å². The van der Waals surface area contributed by atoms with Crippen molar-refractivity contribution < 1.29 is 13.7 Å². The lowest BCUT2D eigenvalue weighted by Gasteiger charge is -2.11. The van der Waals surface area contributed by atoms with Crippen LogP contribution in [0.25, 0.3) is 32.3 Å². The van der Waals surface area contributed by atoms with Crippen LogP contribution in [0.4, 0.5) is 0 Å². The summed E-state index contributed by atoms with van der Waals surface area (Å²) in [7, 11) is -4.12. The second kappa shape index (κ2) is 5.88. The molecule has 0 saturated heterocycles. The Bertz CT molecular complexity index is 1010. The molecule has 23 heavy (non-hydrogen) atoms. The Morgan fingerprint density at radius 1 is 0.739 bits per heavy atom. The zero-order valence-electron chi connectivity index (χ0n) is 12.4. The summed E-state index contributed by atoms with van der Waals surface area (Å²) >= 11 is 0. The highest BCUT2D eigenvalue weighted by Gasteiger charge is 2.10. The Labute approximate surface area is 137 Å². The van der Waals surface area contributed by atoms with Crippen molar-refractivity contribution in [2.75, 3.05) is 0 Å². The average Bonchev–Trinajstić information content (AvgIpc) is 2.57. The molecule has 0 saturated carbocycles. The topological polar surface area (TPSA) is 49.7 Å². The van der Waals surface area contributed by atoms with Crippen LogP contribution in [0, 0.1) is 0 Å². The lowest BCUT2D eigenvalue weighted by molar-refractivity contribution is 0.297. The number of hydrogen-bond acceptors (Lipinski definition) is 3. The lowest BCUT2D eigenvalue weighted by atomic mass is 9.98. The molecular formula is C18H16O3Si2. The number of rotatable bonds is 3. The summed E-state index contributed by atoms with van der Waals surface area (Å²) < 4.78 is 5.26. The molecule has 3 nitrogen and oxygen atoms in total. The third-order valence-electron chi connectivity index (χ3n) is 4.20. The maximum absolute atomic E-state index is 9.15. The van der Waals surface area contributed by atoms with Gasteiger partial charge in [0.15, 0.2) is 9.76 Å². The summed E-state index contributed by atoms with van der Waals surface area (Å²) in [6.07, 6.45) is 0. The van der Waals surface area contributed by atoms with Gasteiger partial charge < -0.3 is 13.7 Å². The molecule has 0 radical (unpaired) electrons. The predicted molar refractivity (Wildman–Crippen MR) is 99.8 cm³/mol. The van der Waals surface area contributed by atoms with Gasteiger partial charge in [0.1, 0.15) is 0 Å². The van der Waals surface area contributed by atoms with Gasteiger partial charge in [0.05, 0.1) is 0 Å².